The molecule has 2 aliphatic rings. The molecule has 0 saturated carbocycles. The summed E-state index contributed by atoms with van der Waals surface area (Å²) in [4.78, 5) is 30.3. The molecule has 0 aromatic heterocycles. The second-order valence-electron chi connectivity index (χ2n) is 7.07. The lowest BCUT2D eigenvalue weighted by atomic mass is 10.0. The second-order valence-corrected chi connectivity index (χ2v) is 8.88. The molecule has 7 nitrogen and oxygen atoms in total. The van der Waals surface area contributed by atoms with E-state index in [1.807, 2.05) is 61.9 Å². The quantitative estimate of drug-likeness (QED) is 0.252. The van der Waals surface area contributed by atoms with Gasteiger partial charge >= 0.3 is 0 Å². The molecule has 3 rings (SSSR count). The number of fused-ring (bicyclic) bond motifs is 10. The lowest BCUT2D eigenvalue weighted by Crippen LogP contribution is -2.25. The van der Waals surface area contributed by atoms with E-state index in [9.17, 15) is 9.59 Å². The van der Waals surface area contributed by atoms with Crippen molar-refractivity contribution in [1.82, 2.24) is 4.31 Å². The van der Waals surface area contributed by atoms with E-state index in [-0.39, 0.29) is 24.1 Å². The van der Waals surface area contributed by atoms with Crippen molar-refractivity contribution < 1.29 is 19.1 Å². The Morgan fingerprint density at radius 2 is 1.71 bits per heavy atom. The van der Waals surface area contributed by atoms with Crippen LogP contribution in [0.25, 0.3) is 6.08 Å². The minimum Gasteiger partial charge on any atom is -0.494 e. The third-order valence-electron chi connectivity index (χ3n) is 3.58. The van der Waals surface area contributed by atoms with Gasteiger partial charge in [0.2, 0.25) is 18.2 Å². The molecule has 1 aromatic rings. The molecule has 2 aliphatic heterocycles. The highest BCUT2D eigenvalue weighted by molar-refractivity contribution is 7.97. The van der Waals surface area contributed by atoms with Gasteiger partial charge in [0.25, 0.3) is 0 Å². The standard InChI is InChI=1S/C17H22NO2PS.C3H8.C2H5NO.C2H6S.CH3NO/c1-2-14-9-6-13-7-10-15(11-8-13)20-12-4-3-5-16(21)18(22)17(14)19;1-3-2;1-2(3)4;1-3-2;2-1-3/h5-11,14,22H,2-4,12,21H2,1H3;3H2,1-2H3;1H3,(H2,3,4);1-2H3;1H,(H2,2,3)/b9-6-,16-5-;;;;/t14-;;;;/m1..../s1. The molecule has 0 radical (unpaired) electrons. The van der Waals surface area contributed by atoms with Gasteiger partial charge in [0.05, 0.1) is 12.5 Å². The summed E-state index contributed by atoms with van der Waals surface area (Å²) in [5.41, 5.74) is 10.5. The second kappa shape index (κ2) is 26.6. The van der Waals surface area contributed by atoms with Crippen LogP contribution in [0.3, 0.4) is 0 Å². The van der Waals surface area contributed by atoms with Crippen molar-refractivity contribution in [2.75, 3.05) is 19.1 Å². The highest BCUT2D eigenvalue weighted by Crippen LogP contribution is 2.23. The van der Waals surface area contributed by atoms with E-state index < -0.39 is 0 Å². The van der Waals surface area contributed by atoms with Crippen molar-refractivity contribution in [3.05, 3.63) is 47.4 Å². The van der Waals surface area contributed by atoms with Gasteiger partial charge in [0.15, 0.2) is 0 Å². The first-order valence-electron chi connectivity index (χ1n) is 11.3. The van der Waals surface area contributed by atoms with Crippen LogP contribution in [0.15, 0.2) is 41.9 Å². The number of hydrogen-bond donors (Lipinski definition) is 3. The van der Waals surface area contributed by atoms with Crippen molar-refractivity contribution in [3.8, 4) is 5.75 Å². The van der Waals surface area contributed by atoms with Gasteiger partial charge in [-0.05, 0) is 49.5 Å². The zero-order valence-electron chi connectivity index (χ0n) is 21.9. The van der Waals surface area contributed by atoms with Gasteiger partial charge in [0.1, 0.15) is 5.75 Å². The predicted octanol–water partition coefficient (Wildman–Crippen LogP) is 5.28. The molecule has 10 heteroatoms. The van der Waals surface area contributed by atoms with Crippen LogP contribution in [0.2, 0.25) is 0 Å². The van der Waals surface area contributed by atoms with Gasteiger partial charge in [-0.3, -0.25) is 18.7 Å². The summed E-state index contributed by atoms with van der Waals surface area (Å²) in [6.45, 7) is 8.22. The number of carbonyl (C=O) groups is 3. The number of nitrogens with zero attached hydrogens (tertiary/aromatic N) is 1. The van der Waals surface area contributed by atoms with Crippen LogP contribution < -0.4 is 16.2 Å². The molecule has 200 valence electrons. The van der Waals surface area contributed by atoms with Gasteiger partial charge in [0, 0.05) is 12.4 Å². The predicted molar refractivity (Wildman–Crippen MR) is 158 cm³/mol. The van der Waals surface area contributed by atoms with Crippen molar-refractivity contribution >= 4 is 58.1 Å². The zero-order valence-corrected chi connectivity index (χ0v) is 24.8. The van der Waals surface area contributed by atoms with Crippen LogP contribution in [0.4, 0.5) is 0 Å². The lowest BCUT2D eigenvalue weighted by molar-refractivity contribution is -0.127. The molecule has 2 heterocycles. The van der Waals surface area contributed by atoms with Crippen LogP contribution in [0.1, 0.15) is 58.9 Å². The minimum atomic E-state index is -0.333. The number of amides is 3. The summed E-state index contributed by atoms with van der Waals surface area (Å²) < 4.78 is 7.12. The number of primary amides is 2. The maximum absolute atomic E-state index is 12.5. The van der Waals surface area contributed by atoms with Crippen LogP contribution in [-0.2, 0) is 14.4 Å². The summed E-state index contributed by atoms with van der Waals surface area (Å²) in [5.74, 6) is 0.356. The van der Waals surface area contributed by atoms with Crippen LogP contribution >= 0.6 is 33.8 Å². The molecule has 0 spiro atoms. The average molecular weight is 546 g/mol. The Morgan fingerprint density at radius 3 is 2.14 bits per heavy atom. The number of ether oxygens (including phenoxy) is 1. The SMILES string of the molecule is CC(N)=O.CCC.CC[C@@H]1/C=C\c2ccc(cc2)OCCC/C=C(\P)N(S)C1=O.CSC.NC=O. The fourth-order valence-electron chi connectivity index (χ4n) is 2.19. The van der Waals surface area contributed by atoms with Crippen LogP contribution in [-0.4, -0.2) is 41.6 Å². The number of carbonyl (C=O) groups excluding carboxylic acids is 3. The van der Waals surface area contributed by atoms with E-state index in [0.717, 1.165) is 36.0 Å². The maximum Gasteiger partial charge on any atom is 0.243 e. The third-order valence-corrected chi connectivity index (χ3v) is 4.72. The third kappa shape index (κ3) is 23.5. The Morgan fingerprint density at radius 1 is 1.26 bits per heavy atom. The summed E-state index contributed by atoms with van der Waals surface area (Å²) in [6.07, 6.45) is 14.0. The monoisotopic (exact) mass is 545 g/mol. The molecule has 35 heavy (non-hydrogen) atoms. The molecule has 3 amide bonds. The van der Waals surface area contributed by atoms with Crippen molar-refractivity contribution in [3.63, 3.8) is 0 Å². The highest BCUT2D eigenvalue weighted by Gasteiger charge is 2.19. The van der Waals surface area contributed by atoms with E-state index in [1.54, 1.807) is 11.8 Å². The largest absolute Gasteiger partial charge is 0.494 e. The number of nitrogens with two attached hydrogens (primary N) is 2. The average Bonchev–Trinajstić information content (AvgIpc) is 2.80. The number of benzene rings is 1. The van der Waals surface area contributed by atoms with Crippen LogP contribution in [0, 0.1) is 5.92 Å². The molecule has 1 unspecified atom stereocenters. The summed E-state index contributed by atoms with van der Waals surface area (Å²) >= 11 is 6.09. The number of thiol groups is 1. The van der Waals surface area contributed by atoms with E-state index in [2.05, 4.69) is 47.4 Å². The van der Waals surface area contributed by atoms with Gasteiger partial charge in [-0.2, -0.15) is 11.8 Å². The fourth-order valence-corrected chi connectivity index (χ4v) is 2.71. The number of hydrogen-bond acceptors (Lipinski definition) is 6. The number of thioether (sulfide) groups is 1. The first-order chi connectivity index (χ1) is 16.6. The number of rotatable bonds is 1. The maximum atomic E-state index is 12.5. The molecular formula is C25H44N3O4PS2. The summed E-state index contributed by atoms with van der Waals surface area (Å²) in [5, 5.41) is 0. The lowest BCUT2D eigenvalue weighted by Gasteiger charge is -2.20. The molecule has 2 bridgehead atoms. The Kier molecular flexibility index (Phi) is 28.6. The topological polar surface area (TPSA) is 116 Å². The molecular weight excluding hydrogens is 501 g/mol. The van der Waals surface area contributed by atoms with Crippen molar-refractivity contribution in [2.24, 2.45) is 17.4 Å². The van der Waals surface area contributed by atoms with Gasteiger partial charge in [-0.15, -0.1) is 0 Å². The van der Waals surface area contributed by atoms with Crippen molar-refractivity contribution in [1.29, 1.82) is 0 Å². The van der Waals surface area contributed by atoms with E-state index in [1.165, 1.54) is 17.6 Å². The Labute approximate surface area is 224 Å². The van der Waals surface area contributed by atoms with E-state index in [4.69, 9.17) is 9.53 Å². The van der Waals surface area contributed by atoms with Gasteiger partial charge in [-0.1, -0.05) is 79.6 Å². The Hall–Kier alpha value is -1.96. The van der Waals surface area contributed by atoms with Gasteiger partial charge < -0.3 is 16.2 Å². The first-order valence-corrected chi connectivity index (χ1v) is 13.9. The summed E-state index contributed by atoms with van der Waals surface area (Å²) in [7, 11) is 2.58. The number of allylic oxidation sites excluding steroid dienone is 1. The molecule has 4 N–H and O–H groups in total. The van der Waals surface area contributed by atoms with Gasteiger partial charge in [-0.25, -0.2) is 0 Å². The molecule has 1 aromatic carbocycles. The Balaban J connectivity index is -0.000000657. The fraction of sp³-hybridized carbons (Fsp3) is 0.480. The Bertz CT molecular complexity index is 739. The highest BCUT2D eigenvalue weighted by atomic mass is 32.2. The normalized spacial score (nSPS) is 17.1. The molecule has 0 saturated heterocycles. The zero-order chi connectivity index (χ0) is 27.6. The molecule has 2 atom stereocenters. The first kappa shape index (κ1) is 37.6. The van der Waals surface area contributed by atoms with E-state index >= 15 is 0 Å². The smallest absolute Gasteiger partial charge is 0.243 e. The molecule has 0 fully saturated rings. The van der Waals surface area contributed by atoms with Crippen LogP contribution in [0.5, 0.6) is 5.75 Å². The molecule has 0 aliphatic carbocycles. The van der Waals surface area contributed by atoms with Crippen molar-refractivity contribution in [2.45, 2.75) is 53.4 Å². The summed E-state index contributed by atoms with van der Waals surface area (Å²) in [6, 6.07) is 7.93. The van der Waals surface area contributed by atoms with E-state index in [0.29, 0.717) is 6.61 Å². The minimum absolute atomic E-state index is 0.00826.